The monoisotopic (exact) mass is 326 g/mol. The lowest BCUT2D eigenvalue weighted by Crippen LogP contribution is -2.46. The van der Waals surface area contributed by atoms with Crippen LogP contribution in [0.2, 0.25) is 0 Å². The quantitative estimate of drug-likeness (QED) is 0.874. The van der Waals surface area contributed by atoms with Gasteiger partial charge in [-0.2, -0.15) is 0 Å². The number of benzene rings is 1. The van der Waals surface area contributed by atoms with Gasteiger partial charge in [0.25, 0.3) is 0 Å². The summed E-state index contributed by atoms with van der Waals surface area (Å²) in [6.07, 6.45) is 0. The van der Waals surface area contributed by atoms with Crippen LogP contribution in [0.25, 0.3) is 0 Å². The zero-order valence-electron chi connectivity index (χ0n) is 12.1. The minimum absolute atomic E-state index is 0.00451. The standard InChI is InChI=1S/C15H23BrN2O/c1-14(2,9-17)13(19)18-10-15(3,4)11-7-5-6-8-12(11)16/h5-8H,9-10,17H2,1-4H3,(H,18,19). The molecule has 0 spiro atoms. The molecule has 19 heavy (non-hydrogen) atoms. The fraction of sp³-hybridized carbons (Fsp3) is 0.533. The molecule has 0 saturated heterocycles. The van der Waals surface area contributed by atoms with Crippen molar-refractivity contribution in [3.63, 3.8) is 0 Å². The Bertz CT molecular complexity index is 455. The second kappa shape index (κ2) is 6.06. The van der Waals surface area contributed by atoms with E-state index in [-0.39, 0.29) is 11.3 Å². The Morgan fingerprint density at radius 3 is 2.37 bits per heavy atom. The molecule has 1 amide bonds. The molecule has 3 nitrogen and oxygen atoms in total. The predicted molar refractivity (Wildman–Crippen MR) is 83.0 cm³/mol. The van der Waals surface area contributed by atoms with Crippen molar-refractivity contribution < 1.29 is 4.79 Å². The summed E-state index contributed by atoms with van der Waals surface area (Å²) in [6.45, 7) is 8.86. The largest absolute Gasteiger partial charge is 0.355 e. The van der Waals surface area contributed by atoms with Gasteiger partial charge in [0.1, 0.15) is 0 Å². The minimum atomic E-state index is -0.524. The van der Waals surface area contributed by atoms with E-state index in [0.29, 0.717) is 13.1 Å². The van der Waals surface area contributed by atoms with Crippen LogP contribution in [0, 0.1) is 5.41 Å². The third kappa shape index (κ3) is 4.05. The highest BCUT2D eigenvalue weighted by Crippen LogP contribution is 2.29. The van der Waals surface area contributed by atoms with Crippen LogP contribution < -0.4 is 11.1 Å². The van der Waals surface area contributed by atoms with Crippen LogP contribution in [-0.2, 0) is 10.2 Å². The lowest BCUT2D eigenvalue weighted by Gasteiger charge is -2.29. The van der Waals surface area contributed by atoms with E-state index in [1.807, 2.05) is 32.0 Å². The van der Waals surface area contributed by atoms with Gasteiger partial charge in [-0.1, -0.05) is 48.0 Å². The Labute approximate surface area is 124 Å². The third-order valence-electron chi connectivity index (χ3n) is 3.42. The third-order valence-corrected chi connectivity index (χ3v) is 4.11. The Morgan fingerprint density at radius 2 is 1.84 bits per heavy atom. The highest BCUT2D eigenvalue weighted by atomic mass is 79.9. The number of nitrogens with two attached hydrogens (primary N) is 1. The van der Waals surface area contributed by atoms with Gasteiger partial charge in [0.2, 0.25) is 5.91 Å². The van der Waals surface area contributed by atoms with Crippen molar-refractivity contribution in [3.8, 4) is 0 Å². The van der Waals surface area contributed by atoms with Crippen LogP contribution in [-0.4, -0.2) is 19.0 Å². The molecule has 3 N–H and O–H groups in total. The molecule has 1 rings (SSSR count). The van der Waals surface area contributed by atoms with Gasteiger partial charge in [-0.05, 0) is 25.5 Å². The van der Waals surface area contributed by atoms with E-state index in [1.165, 1.54) is 5.56 Å². The number of carbonyl (C=O) groups is 1. The maximum Gasteiger partial charge on any atom is 0.226 e. The summed E-state index contributed by atoms with van der Waals surface area (Å²) in [7, 11) is 0. The topological polar surface area (TPSA) is 55.1 Å². The Balaban J connectivity index is 2.77. The number of halogens is 1. The molecule has 4 heteroatoms. The first-order valence-electron chi connectivity index (χ1n) is 6.44. The van der Waals surface area contributed by atoms with E-state index in [1.54, 1.807) is 0 Å². The van der Waals surface area contributed by atoms with E-state index in [2.05, 4.69) is 41.2 Å². The lowest BCUT2D eigenvalue weighted by atomic mass is 9.84. The van der Waals surface area contributed by atoms with Gasteiger partial charge < -0.3 is 11.1 Å². The molecular formula is C15H23BrN2O. The molecule has 0 saturated carbocycles. The van der Waals surface area contributed by atoms with Crippen LogP contribution in [0.5, 0.6) is 0 Å². The summed E-state index contributed by atoms with van der Waals surface area (Å²) < 4.78 is 1.06. The maximum absolute atomic E-state index is 12.1. The first-order chi connectivity index (χ1) is 8.70. The summed E-state index contributed by atoms with van der Waals surface area (Å²) >= 11 is 3.56. The molecule has 0 fully saturated rings. The van der Waals surface area contributed by atoms with Gasteiger partial charge >= 0.3 is 0 Å². The average Bonchev–Trinajstić information content (AvgIpc) is 2.36. The second-order valence-corrected chi connectivity index (χ2v) is 6.99. The van der Waals surface area contributed by atoms with Crippen LogP contribution in [0.1, 0.15) is 33.3 Å². The van der Waals surface area contributed by atoms with E-state index < -0.39 is 5.41 Å². The van der Waals surface area contributed by atoms with Crippen molar-refractivity contribution in [1.82, 2.24) is 5.32 Å². The Kier molecular flexibility index (Phi) is 5.16. The fourth-order valence-electron chi connectivity index (χ4n) is 1.74. The molecule has 0 radical (unpaired) electrons. The minimum Gasteiger partial charge on any atom is -0.355 e. The Morgan fingerprint density at radius 1 is 1.26 bits per heavy atom. The van der Waals surface area contributed by atoms with Gasteiger partial charge in [-0.25, -0.2) is 0 Å². The molecule has 0 bridgehead atoms. The second-order valence-electron chi connectivity index (χ2n) is 6.13. The number of rotatable bonds is 5. The van der Waals surface area contributed by atoms with Crippen LogP contribution in [0.15, 0.2) is 28.7 Å². The summed E-state index contributed by atoms with van der Waals surface area (Å²) in [5, 5.41) is 3.00. The van der Waals surface area contributed by atoms with Crippen molar-refractivity contribution in [3.05, 3.63) is 34.3 Å². The van der Waals surface area contributed by atoms with E-state index in [9.17, 15) is 4.79 Å². The van der Waals surface area contributed by atoms with Crippen LogP contribution in [0.3, 0.4) is 0 Å². The summed E-state index contributed by atoms with van der Waals surface area (Å²) in [5.41, 5.74) is 6.13. The van der Waals surface area contributed by atoms with Gasteiger partial charge in [-0.3, -0.25) is 4.79 Å². The van der Waals surface area contributed by atoms with E-state index in [4.69, 9.17) is 5.73 Å². The Hall–Kier alpha value is -0.870. The molecule has 1 aromatic carbocycles. The molecule has 0 aromatic heterocycles. The van der Waals surface area contributed by atoms with E-state index >= 15 is 0 Å². The molecule has 106 valence electrons. The van der Waals surface area contributed by atoms with Crippen molar-refractivity contribution in [2.45, 2.75) is 33.1 Å². The van der Waals surface area contributed by atoms with Crippen LogP contribution in [0.4, 0.5) is 0 Å². The first kappa shape index (κ1) is 16.2. The molecule has 0 aliphatic heterocycles. The number of amides is 1. The zero-order chi connectivity index (χ0) is 14.7. The van der Waals surface area contributed by atoms with Crippen molar-refractivity contribution in [2.24, 2.45) is 11.1 Å². The molecular weight excluding hydrogens is 304 g/mol. The van der Waals surface area contributed by atoms with Crippen LogP contribution >= 0.6 is 15.9 Å². The molecule has 0 aliphatic rings. The van der Waals surface area contributed by atoms with E-state index in [0.717, 1.165) is 4.47 Å². The molecule has 0 heterocycles. The van der Waals surface area contributed by atoms with Gasteiger partial charge in [0, 0.05) is 23.0 Å². The number of nitrogens with one attached hydrogen (secondary N) is 1. The number of hydrogen-bond acceptors (Lipinski definition) is 2. The molecule has 0 atom stereocenters. The SMILES string of the molecule is CC(C)(CN)C(=O)NCC(C)(C)c1ccccc1Br. The van der Waals surface area contributed by atoms with Gasteiger partial charge in [-0.15, -0.1) is 0 Å². The summed E-state index contributed by atoms with van der Waals surface area (Å²) in [4.78, 5) is 12.1. The normalized spacial score (nSPS) is 12.3. The first-order valence-corrected chi connectivity index (χ1v) is 7.23. The molecule has 0 aliphatic carbocycles. The van der Waals surface area contributed by atoms with Crippen molar-refractivity contribution >= 4 is 21.8 Å². The zero-order valence-corrected chi connectivity index (χ0v) is 13.7. The van der Waals surface area contributed by atoms with Gasteiger partial charge in [0.15, 0.2) is 0 Å². The maximum atomic E-state index is 12.1. The highest BCUT2D eigenvalue weighted by molar-refractivity contribution is 9.10. The number of carbonyl (C=O) groups excluding carboxylic acids is 1. The summed E-state index contributed by atoms with van der Waals surface area (Å²) in [5.74, 6) is -0.00451. The van der Waals surface area contributed by atoms with Crippen molar-refractivity contribution in [2.75, 3.05) is 13.1 Å². The van der Waals surface area contributed by atoms with Crippen molar-refractivity contribution in [1.29, 1.82) is 0 Å². The molecule has 1 aromatic rings. The number of hydrogen-bond donors (Lipinski definition) is 2. The predicted octanol–water partition coefficient (Wildman–Crippen LogP) is 2.83. The lowest BCUT2D eigenvalue weighted by molar-refractivity contribution is -0.129. The average molecular weight is 327 g/mol. The van der Waals surface area contributed by atoms with Gasteiger partial charge in [0.05, 0.1) is 5.41 Å². The fourth-order valence-corrected chi connectivity index (χ4v) is 2.56. The highest BCUT2D eigenvalue weighted by Gasteiger charge is 2.29. The molecule has 0 unspecified atom stereocenters. The smallest absolute Gasteiger partial charge is 0.226 e. The summed E-state index contributed by atoms with van der Waals surface area (Å²) in [6, 6.07) is 8.08.